The lowest BCUT2D eigenvalue weighted by molar-refractivity contribution is 0.0655. The quantitative estimate of drug-likeness (QED) is 0.931. The topological polar surface area (TPSA) is 77.0 Å². The largest absolute Gasteiger partial charge is 0.337 e. The summed E-state index contributed by atoms with van der Waals surface area (Å²) in [7, 11) is 0. The highest BCUT2D eigenvalue weighted by molar-refractivity contribution is 5.92. The first kappa shape index (κ1) is 14.7. The van der Waals surface area contributed by atoms with Crippen molar-refractivity contribution in [3.8, 4) is 5.69 Å². The molecule has 1 aliphatic rings. The minimum absolute atomic E-state index is 0.0284. The molecule has 6 nitrogen and oxygen atoms in total. The Morgan fingerprint density at radius 1 is 1.45 bits per heavy atom. The molecule has 22 heavy (non-hydrogen) atoms. The van der Waals surface area contributed by atoms with Crippen molar-refractivity contribution in [1.82, 2.24) is 19.7 Å². The molecule has 1 saturated heterocycles. The monoisotopic (exact) mass is 299 g/mol. The van der Waals surface area contributed by atoms with Crippen LogP contribution in [0.4, 0.5) is 0 Å². The summed E-state index contributed by atoms with van der Waals surface area (Å²) in [4.78, 5) is 18.8. The summed E-state index contributed by atoms with van der Waals surface area (Å²) in [5, 5.41) is 4.18. The third-order valence-corrected chi connectivity index (χ3v) is 4.22. The highest BCUT2D eigenvalue weighted by atomic mass is 16.2. The number of amides is 1. The predicted octanol–water partition coefficient (Wildman–Crippen LogP) is 1.47. The van der Waals surface area contributed by atoms with Crippen molar-refractivity contribution in [2.24, 2.45) is 11.7 Å². The zero-order valence-electron chi connectivity index (χ0n) is 12.7. The molecule has 2 atom stereocenters. The van der Waals surface area contributed by atoms with E-state index in [1.807, 2.05) is 30.2 Å². The molecular formula is C16H21N5O. The lowest BCUT2D eigenvalue weighted by Crippen LogP contribution is -2.45. The van der Waals surface area contributed by atoms with Gasteiger partial charge >= 0.3 is 0 Å². The zero-order valence-corrected chi connectivity index (χ0v) is 12.7. The van der Waals surface area contributed by atoms with Crippen LogP contribution in [0.1, 0.15) is 30.3 Å². The second-order valence-corrected chi connectivity index (χ2v) is 5.86. The Balaban J connectivity index is 1.79. The number of nitrogens with two attached hydrogens (primary N) is 1. The van der Waals surface area contributed by atoms with Gasteiger partial charge in [0.25, 0.3) is 5.91 Å². The Labute approximate surface area is 129 Å². The van der Waals surface area contributed by atoms with E-state index in [9.17, 15) is 4.79 Å². The molecule has 3 heterocycles. The van der Waals surface area contributed by atoms with Gasteiger partial charge in [0.2, 0.25) is 0 Å². The standard InChI is InChI=1S/C16H21N5O/c1-12(17)13-4-2-8-20(11-13)16(22)15-10-14(5-7-18-15)21-9-3-6-19-21/h3,5-7,9-10,12-13H,2,4,8,11,17H2,1H3. The number of likely N-dealkylation sites (tertiary alicyclic amines) is 1. The number of nitrogens with zero attached hydrogens (tertiary/aromatic N) is 4. The Kier molecular flexibility index (Phi) is 4.20. The minimum atomic E-state index is -0.0284. The molecule has 2 N–H and O–H groups in total. The van der Waals surface area contributed by atoms with Crippen molar-refractivity contribution in [3.05, 3.63) is 42.5 Å². The van der Waals surface area contributed by atoms with Gasteiger partial charge in [0, 0.05) is 37.7 Å². The summed E-state index contributed by atoms with van der Waals surface area (Å²) >= 11 is 0. The zero-order chi connectivity index (χ0) is 15.5. The molecule has 2 aromatic heterocycles. The van der Waals surface area contributed by atoms with Crippen molar-refractivity contribution in [2.45, 2.75) is 25.8 Å². The maximum Gasteiger partial charge on any atom is 0.272 e. The fraction of sp³-hybridized carbons (Fsp3) is 0.438. The molecule has 1 amide bonds. The second kappa shape index (κ2) is 6.27. The van der Waals surface area contributed by atoms with E-state index in [0.717, 1.165) is 25.1 Å². The summed E-state index contributed by atoms with van der Waals surface area (Å²) < 4.78 is 1.72. The first-order valence-electron chi connectivity index (χ1n) is 7.66. The van der Waals surface area contributed by atoms with E-state index in [2.05, 4.69) is 10.1 Å². The SMILES string of the molecule is CC(N)C1CCCN(C(=O)c2cc(-n3cccn3)ccn2)C1. The molecule has 0 bridgehead atoms. The van der Waals surface area contributed by atoms with Gasteiger partial charge in [-0.05, 0) is 43.9 Å². The van der Waals surface area contributed by atoms with Crippen LogP contribution in [-0.2, 0) is 0 Å². The number of pyridine rings is 1. The second-order valence-electron chi connectivity index (χ2n) is 5.86. The molecule has 0 spiro atoms. The normalized spacial score (nSPS) is 19.9. The van der Waals surface area contributed by atoms with Crippen molar-refractivity contribution in [1.29, 1.82) is 0 Å². The summed E-state index contributed by atoms with van der Waals surface area (Å²) in [6.07, 6.45) is 7.28. The number of aromatic nitrogens is 3. The Hall–Kier alpha value is -2.21. The van der Waals surface area contributed by atoms with Gasteiger partial charge in [-0.15, -0.1) is 0 Å². The summed E-state index contributed by atoms with van der Waals surface area (Å²) in [6, 6.07) is 5.58. The number of carbonyl (C=O) groups excluding carboxylic acids is 1. The van der Waals surface area contributed by atoms with Crippen LogP contribution in [0.3, 0.4) is 0 Å². The number of carbonyl (C=O) groups is 1. The van der Waals surface area contributed by atoms with Gasteiger partial charge in [0.15, 0.2) is 0 Å². The van der Waals surface area contributed by atoms with Crippen LogP contribution in [0.25, 0.3) is 5.69 Å². The van der Waals surface area contributed by atoms with Crippen LogP contribution in [-0.4, -0.2) is 44.7 Å². The van der Waals surface area contributed by atoms with Crippen LogP contribution >= 0.6 is 0 Å². The maximum absolute atomic E-state index is 12.7. The molecule has 2 unspecified atom stereocenters. The molecule has 6 heteroatoms. The first-order chi connectivity index (χ1) is 10.6. The Morgan fingerprint density at radius 2 is 2.32 bits per heavy atom. The van der Waals surface area contributed by atoms with E-state index in [1.165, 1.54) is 0 Å². The average molecular weight is 299 g/mol. The van der Waals surface area contributed by atoms with Crippen LogP contribution in [0.5, 0.6) is 0 Å². The van der Waals surface area contributed by atoms with E-state index in [0.29, 0.717) is 18.2 Å². The van der Waals surface area contributed by atoms with Crippen molar-refractivity contribution in [3.63, 3.8) is 0 Å². The lowest BCUT2D eigenvalue weighted by Gasteiger charge is -2.34. The lowest BCUT2D eigenvalue weighted by atomic mass is 9.92. The third-order valence-electron chi connectivity index (χ3n) is 4.22. The van der Waals surface area contributed by atoms with Gasteiger partial charge in [-0.3, -0.25) is 9.78 Å². The Bertz CT molecular complexity index is 638. The molecule has 1 aliphatic heterocycles. The van der Waals surface area contributed by atoms with Gasteiger partial charge in [-0.2, -0.15) is 5.10 Å². The summed E-state index contributed by atoms with van der Waals surface area (Å²) in [6.45, 7) is 3.50. The molecule has 3 rings (SSSR count). The van der Waals surface area contributed by atoms with Crippen LogP contribution in [0, 0.1) is 5.92 Å². The molecule has 0 radical (unpaired) electrons. The number of piperidine rings is 1. The molecule has 0 aromatic carbocycles. The molecule has 0 aliphatic carbocycles. The molecule has 2 aromatic rings. The van der Waals surface area contributed by atoms with E-state index in [1.54, 1.807) is 23.1 Å². The maximum atomic E-state index is 12.7. The highest BCUT2D eigenvalue weighted by Gasteiger charge is 2.27. The van der Waals surface area contributed by atoms with Crippen molar-refractivity contribution < 1.29 is 4.79 Å². The smallest absolute Gasteiger partial charge is 0.272 e. The Morgan fingerprint density at radius 3 is 3.05 bits per heavy atom. The van der Waals surface area contributed by atoms with Crippen molar-refractivity contribution >= 4 is 5.91 Å². The van der Waals surface area contributed by atoms with E-state index in [4.69, 9.17) is 5.73 Å². The van der Waals surface area contributed by atoms with Gasteiger partial charge in [-0.25, -0.2) is 4.68 Å². The predicted molar refractivity (Wildman–Crippen MR) is 83.6 cm³/mol. The fourth-order valence-electron chi connectivity index (χ4n) is 2.89. The van der Waals surface area contributed by atoms with Gasteiger partial charge in [0.05, 0.1) is 5.69 Å². The van der Waals surface area contributed by atoms with Gasteiger partial charge < -0.3 is 10.6 Å². The minimum Gasteiger partial charge on any atom is -0.337 e. The molecule has 0 saturated carbocycles. The van der Waals surface area contributed by atoms with E-state index < -0.39 is 0 Å². The summed E-state index contributed by atoms with van der Waals surface area (Å²) in [5.41, 5.74) is 7.29. The van der Waals surface area contributed by atoms with Gasteiger partial charge in [0.1, 0.15) is 5.69 Å². The molecule has 116 valence electrons. The summed E-state index contributed by atoms with van der Waals surface area (Å²) in [5.74, 6) is 0.339. The van der Waals surface area contributed by atoms with E-state index >= 15 is 0 Å². The number of hydrogen-bond donors (Lipinski definition) is 1. The van der Waals surface area contributed by atoms with Crippen LogP contribution in [0.15, 0.2) is 36.8 Å². The molecular weight excluding hydrogens is 278 g/mol. The first-order valence-corrected chi connectivity index (χ1v) is 7.66. The van der Waals surface area contributed by atoms with Crippen molar-refractivity contribution in [2.75, 3.05) is 13.1 Å². The fourth-order valence-corrected chi connectivity index (χ4v) is 2.89. The third kappa shape index (κ3) is 3.01. The number of rotatable bonds is 3. The average Bonchev–Trinajstić information content (AvgIpc) is 3.09. The van der Waals surface area contributed by atoms with Gasteiger partial charge in [-0.1, -0.05) is 0 Å². The number of hydrogen-bond acceptors (Lipinski definition) is 4. The van der Waals surface area contributed by atoms with Crippen LogP contribution < -0.4 is 5.73 Å². The van der Waals surface area contributed by atoms with E-state index in [-0.39, 0.29) is 11.9 Å². The molecule has 1 fully saturated rings. The van der Waals surface area contributed by atoms with Crippen LogP contribution in [0.2, 0.25) is 0 Å². The highest BCUT2D eigenvalue weighted by Crippen LogP contribution is 2.20.